The molecule has 0 fully saturated rings. The maximum absolute atomic E-state index is 12.1. The summed E-state index contributed by atoms with van der Waals surface area (Å²) in [5, 5.41) is 15.7. The van der Waals surface area contributed by atoms with Crippen LogP contribution in [0.1, 0.15) is 33.6 Å². The molecule has 0 bridgehead atoms. The first-order valence-electron chi connectivity index (χ1n) is 8.78. The third kappa shape index (κ3) is 4.04. The number of nitrogens with zero attached hydrogens (tertiary/aromatic N) is 3. The molecule has 0 aliphatic rings. The lowest BCUT2D eigenvalue weighted by Crippen LogP contribution is -2.33. The van der Waals surface area contributed by atoms with Gasteiger partial charge in [0.1, 0.15) is 5.60 Å². The van der Waals surface area contributed by atoms with Crippen LogP contribution in [0.5, 0.6) is 0 Å². The summed E-state index contributed by atoms with van der Waals surface area (Å²) in [6.07, 6.45) is 4.58. The second-order valence-corrected chi connectivity index (χ2v) is 7.28. The molecule has 0 atom stereocenters. The summed E-state index contributed by atoms with van der Waals surface area (Å²) in [5.74, 6) is 0. The number of benzene rings is 1. The quantitative estimate of drug-likeness (QED) is 0.432. The van der Waals surface area contributed by atoms with Gasteiger partial charge in [-0.05, 0) is 39.7 Å². The predicted molar refractivity (Wildman–Crippen MR) is 99.7 cm³/mol. The zero-order valence-electron chi connectivity index (χ0n) is 15.4. The number of nitrogens with one attached hydrogen (secondary N) is 1. The number of amides is 1. The van der Waals surface area contributed by atoms with Crippen molar-refractivity contribution >= 4 is 28.0 Å². The number of imidazole rings is 1. The molecule has 0 saturated carbocycles. The van der Waals surface area contributed by atoms with Crippen LogP contribution in [0.25, 0.3) is 21.9 Å². The van der Waals surface area contributed by atoms with Gasteiger partial charge in [-0.3, -0.25) is 0 Å². The Kier molecular flexibility index (Phi) is 4.97. The van der Waals surface area contributed by atoms with Crippen molar-refractivity contribution in [3.63, 3.8) is 0 Å². The van der Waals surface area contributed by atoms with Gasteiger partial charge < -0.3 is 19.8 Å². The number of alkyl carbamates (subject to hydrolysis) is 1. The van der Waals surface area contributed by atoms with Crippen LogP contribution in [0.15, 0.2) is 36.8 Å². The zero-order valence-corrected chi connectivity index (χ0v) is 15.4. The normalized spacial score (nSPS) is 11.8. The smallest absolute Gasteiger partial charge is 0.407 e. The van der Waals surface area contributed by atoms with Gasteiger partial charge in [0.25, 0.3) is 0 Å². The molecule has 0 saturated heterocycles. The number of carbonyl (C=O) groups is 1. The topological polar surface area (TPSA) is 83.1 Å². The molecule has 26 heavy (non-hydrogen) atoms. The highest BCUT2D eigenvalue weighted by atomic mass is 16.6. The SMILES string of the molecule is CC(C)(C)OC(=O)NCCCCn1cnc2c[n+]([O-])c3ccccc3c21. The minimum atomic E-state index is -0.487. The Bertz CT molecular complexity index is 928. The van der Waals surface area contributed by atoms with E-state index in [0.29, 0.717) is 17.6 Å². The van der Waals surface area contributed by atoms with Crippen LogP contribution >= 0.6 is 0 Å². The third-order valence-electron chi connectivity index (χ3n) is 4.00. The predicted octanol–water partition coefficient (Wildman–Crippen LogP) is 3.13. The third-order valence-corrected chi connectivity index (χ3v) is 4.00. The second-order valence-electron chi connectivity index (χ2n) is 7.28. The van der Waals surface area contributed by atoms with E-state index in [0.717, 1.165) is 35.0 Å². The van der Waals surface area contributed by atoms with Gasteiger partial charge in [0, 0.05) is 19.2 Å². The van der Waals surface area contributed by atoms with Crippen LogP contribution in [0, 0.1) is 5.21 Å². The Morgan fingerprint density at radius 1 is 1.31 bits per heavy atom. The Balaban J connectivity index is 1.62. The van der Waals surface area contributed by atoms with Gasteiger partial charge in [-0.1, -0.05) is 12.1 Å². The molecule has 0 spiro atoms. The van der Waals surface area contributed by atoms with E-state index in [9.17, 15) is 10.0 Å². The van der Waals surface area contributed by atoms with Crippen LogP contribution in [-0.4, -0.2) is 27.8 Å². The molecular formula is C19H24N4O3. The first kappa shape index (κ1) is 18.0. The van der Waals surface area contributed by atoms with Gasteiger partial charge in [0.05, 0.1) is 17.2 Å². The van der Waals surface area contributed by atoms with E-state index in [1.807, 2.05) is 45.0 Å². The highest BCUT2D eigenvalue weighted by molar-refractivity contribution is 6.00. The molecule has 7 heteroatoms. The first-order valence-corrected chi connectivity index (χ1v) is 8.78. The van der Waals surface area contributed by atoms with Gasteiger partial charge in [0.15, 0.2) is 5.52 Å². The fourth-order valence-corrected chi connectivity index (χ4v) is 2.91. The highest BCUT2D eigenvalue weighted by Gasteiger charge is 2.16. The van der Waals surface area contributed by atoms with E-state index in [-0.39, 0.29) is 0 Å². The Morgan fingerprint density at radius 2 is 2.08 bits per heavy atom. The minimum Gasteiger partial charge on any atom is -0.618 e. The average Bonchev–Trinajstić information content (AvgIpc) is 2.96. The summed E-state index contributed by atoms with van der Waals surface area (Å²) in [7, 11) is 0. The van der Waals surface area contributed by atoms with Crippen molar-refractivity contribution in [3.05, 3.63) is 42.0 Å². The molecule has 7 nitrogen and oxygen atoms in total. The van der Waals surface area contributed by atoms with E-state index >= 15 is 0 Å². The first-order chi connectivity index (χ1) is 12.3. The van der Waals surface area contributed by atoms with Gasteiger partial charge in [0.2, 0.25) is 11.7 Å². The van der Waals surface area contributed by atoms with Crippen LogP contribution in [0.4, 0.5) is 4.79 Å². The number of rotatable bonds is 5. The molecule has 3 rings (SSSR count). The van der Waals surface area contributed by atoms with Crippen molar-refractivity contribution in [2.75, 3.05) is 6.54 Å². The number of hydrogen-bond acceptors (Lipinski definition) is 4. The number of fused-ring (bicyclic) bond motifs is 3. The van der Waals surface area contributed by atoms with Gasteiger partial charge in [-0.25, -0.2) is 9.78 Å². The molecule has 0 aliphatic carbocycles. The lowest BCUT2D eigenvalue weighted by atomic mass is 10.2. The van der Waals surface area contributed by atoms with E-state index in [1.165, 1.54) is 6.20 Å². The number of unbranched alkanes of at least 4 members (excludes halogenated alkanes) is 1. The zero-order chi connectivity index (χ0) is 18.7. The molecule has 0 radical (unpaired) electrons. The van der Waals surface area contributed by atoms with Crippen LogP contribution in [-0.2, 0) is 11.3 Å². The summed E-state index contributed by atoms with van der Waals surface area (Å²) in [5.41, 5.74) is 1.80. The van der Waals surface area contributed by atoms with E-state index in [4.69, 9.17) is 4.74 Å². The number of pyridine rings is 1. The summed E-state index contributed by atoms with van der Waals surface area (Å²) in [4.78, 5) is 16.0. The van der Waals surface area contributed by atoms with Crippen molar-refractivity contribution in [2.45, 2.75) is 45.8 Å². The summed E-state index contributed by atoms with van der Waals surface area (Å²) < 4.78 is 8.13. The van der Waals surface area contributed by atoms with Crippen LogP contribution in [0.3, 0.4) is 0 Å². The van der Waals surface area contributed by atoms with Crippen LogP contribution < -0.4 is 10.0 Å². The van der Waals surface area contributed by atoms with Crippen molar-refractivity contribution in [1.82, 2.24) is 14.9 Å². The Hall–Kier alpha value is -2.83. The summed E-state index contributed by atoms with van der Waals surface area (Å²) >= 11 is 0. The molecule has 1 N–H and O–H groups in total. The molecule has 138 valence electrons. The van der Waals surface area contributed by atoms with E-state index in [1.54, 1.807) is 6.33 Å². The average molecular weight is 356 g/mol. The van der Waals surface area contributed by atoms with Crippen molar-refractivity contribution in [1.29, 1.82) is 0 Å². The highest BCUT2D eigenvalue weighted by Crippen LogP contribution is 2.22. The molecule has 1 amide bonds. The number of hydrogen-bond donors (Lipinski definition) is 1. The fourth-order valence-electron chi connectivity index (χ4n) is 2.91. The van der Waals surface area contributed by atoms with E-state index < -0.39 is 11.7 Å². The monoisotopic (exact) mass is 356 g/mol. The Labute approximate surface area is 152 Å². The Morgan fingerprint density at radius 3 is 2.85 bits per heavy atom. The summed E-state index contributed by atoms with van der Waals surface area (Å²) in [6.45, 7) is 6.84. The molecule has 1 aromatic carbocycles. The number of carbonyl (C=O) groups excluding carboxylic acids is 1. The second kappa shape index (κ2) is 7.19. The van der Waals surface area contributed by atoms with Crippen LogP contribution in [0.2, 0.25) is 0 Å². The standard InChI is InChI=1S/C19H24N4O3/c1-19(2,3)26-18(24)20-10-6-7-11-22-13-21-15-12-23(25)16-9-5-4-8-14(16)17(15)22/h4-5,8-9,12-13H,6-7,10-11H2,1-3H3,(H,20,24). The van der Waals surface area contributed by atoms with Gasteiger partial charge in [-0.15, -0.1) is 0 Å². The number of para-hydroxylation sites is 1. The number of aryl methyl sites for hydroxylation is 1. The fraction of sp³-hybridized carbons (Fsp3) is 0.421. The van der Waals surface area contributed by atoms with Gasteiger partial charge >= 0.3 is 6.09 Å². The largest absolute Gasteiger partial charge is 0.618 e. The van der Waals surface area contributed by atoms with Crippen molar-refractivity contribution in [2.24, 2.45) is 0 Å². The maximum Gasteiger partial charge on any atom is 0.407 e. The molecule has 2 aromatic heterocycles. The van der Waals surface area contributed by atoms with E-state index in [2.05, 4.69) is 14.9 Å². The lowest BCUT2D eigenvalue weighted by Gasteiger charge is -2.19. The minimum absolute atomic E-state index is 0.392. The maximum atomic E-state index is 12.1. The molecule has 2 heterocycles. The summed E-state index contributed by atoms with van der Waals surface area (Å²) in [6, 6.07) is 7.52. The van der Waals surface area contributed by atoms with Crippen molar-refractivity contribution in [3.8, 4) is 0 Å². The molecular weight excluding hydrogens is 332 g/mol. The molecule has 0 aliphatic heterocycles. The molecule has 3 aromatic rings. The van der Waals surface area contributed by atoms with Crippen molar-refractivity contribution < 1.29 is 14.3 Å². The number of aromatic nitrogens is 3. The lowest BCUT2D eigenvalue weighted by molar-refractivity contribution is -0.575. The number of ether oxygens (including phenoxy) is 1. The molecule has 0 unspecified atom stereocenters. The van der Waals surface area contributed by atoms with Gasteiger partial charge in [-0.2, -0.15) is 4.73 Å².